The molecule has 1 atom stereocenters. The molecule has 2 N–H and O–H groups in total. The maximum absolute atomic E-state index is 12.0. The van der Waals surface area contributed by atoms with Crippen LogP contribution < -0.4 is 10.6 Å². The van der Waals surface area contributed by atoms with E-state index >= 15 is 0 Å². The van der Waals surface area contributed by atoms with E-state index in [1.807, 2.05) is 12.1 Å². The summed E-state index contributed by atoms with van der Waals surface area (Å²) in [7, 11) is 0. The average Bonchev–Trinajstić information content (AvgIpc) is 2.94. The molecule has 1 unspecified atom stereocenters. The zero-order valence-corrected chi connectivity index (χ0v) is 11.8. The van der Waals surface area contributed by atoms with Crippen LogP contribution in [-0.4, -0.2) is 42.5 Å². The fourth-order valence-electron chi connectivity index (χ4n) is 2.82. The lowest BCUT2D eigenvalue weighted by molar-refractivity contribution is -0.122. The molecule has 1 aliphatic carbocycles. The largest absolute Gasteiger partial charge is 0.467 e. The quantitative estimate of drug-likeness (QED) is 0.784. The molecule has 1 aliphatic heterocycles. The summed E-state index contributed by atoms with van der Waals surface area (Å²) in [6, 6.07) is 4.89. The Morgan fingerprint density at radius 2 is 2.35 bits per heavy atom. The lowest BCUT2D eigenvalue weighted by Crippen LogP contribution is -2.44. The van der Waals surface area contributed by atoms with E-state index in [0.717, 1.165) is 18.8 Å². The summed E-state index contributed by atoms with van der Waals surface area (Å²) >= 11 is 0. The number of rotatable bonds is 7. The minimum absolute atomic E-state index is 0.0892. The number of amides is 1. The van der Waals surface area contributed by atoms with Gasteiger partial charge in [-0.25, -0.2) is 0 Å². The summed E-state index contributed by atoms with van der Waals surface area (Å²) in [4.78, 5) is 14.4. The molecule has 2 heterocycles. The van der Waals surface area contributed by atoms with Crippen LogP contribution >= 0.6 is 0 Å². The van der Waals surface area contributed by atoms with E-state index < -0.39 is 0 Å². The van der Waals surface area contributed by atoms with Crippen molar-refractivity contribution in [2.24, 2.45) is 0 Å². The molecular formula is C15H23N3O2. The number of hydrogen-bond acceptors (Lipinski definition) is 4. The Bertz CT molecular complexity index is 422. The van der Waals surface area contributed by atoms with Crippen molar-refractivity contribution in [3.05, 3.63) is 24.2 Å². The Morgan fingerprint density at radius 3 is 3.00 bits per heavy atom. The van der Waals surface area contributed by atoms with Gasteiger partial charge in [-0.15, -0.1) is 0 Å². The molecule has 2 aliphatic rings. The Kier molecular flexibility index (Phi) is 4.38. The van der Waals surface area contributed by atoms with E-state index in [-0.39, 0.29) is 5.91 Å². The fourth-order valence-corrected chi connectivity index (χ4v) is 2.82. The first-order valence-electron chi connectivity index (χ1n) is 7.58. The molecule has 1 saturated heterocycles. The highest BCUT2D eigenvalue weighted by atomic mass is 16.3. The van der Waals surface area contributed by atoms with Crippen LogP contribution in [0.25, 0.3) is 0 Å². The van der Waals surface area contributed by atoms with Gasteiger partial charge in [0.1, 0.15) is 5.76 Å². The van der Waals surface area contributed by atoms with Crippen LogP contribution in [0.1, 0.15) is 31.4 Å². The molecule has 0 bridgehead atoms. The van der Waals surface area contributed by atoms with Crippen LogP contribution in [0.4, 0.5) is 0 Å². The van der Waals surface area contributed by atoms with Crippen molar-refractivity contribution in [1.29, 1.82) is 0 Å². The van der Waals surface area contributed by atoms with Gasteiger partial charge in [0.25, 0.3) is 0 Å². The molecule has 1 saturated carbocycles. The predicted octanol–water partition coefficient (Wildman–Crippen LogP) is 1.11. The van der Waals surface area contributed by atoms with Gasteiger partial charge in [-0.05, 0) is 44.4 Å². The Hall–Kier alpha value is -1.33. The topological polar surface area (TPSA) is 57.5 Å². The molecule has 5 heteroatoms. The Morgan fingerprint density at radius 1 is 1.45 bits per heavy atom. The lowest BCUT2D eigenvalue weighted by Gasteiger charge is -2.24. The highest BCUT2D eigenvalue weighted by Crippen LogP contribution is 2.27. The Balaban J connectivity index is 1.44. The molecule has 20 heavy (non-hydrogen) atoms. The highest BCUT2D eigenvalue weighted by Gasteiger charge is 2.32. The Labute approximate surface area is 119 Å². The predicted molar refractivity (Wildman–Crippen MR) is 76.2 cm³/mol. The van der Waals surface area contributed by atoms with Crippen LogP contribution in [0, 0.1) is 0 Å². The van der Waals surface area contributed by atoms with E-state index in [1.165, 1.54) is 25.7 Å². The van der Waals surface area contributed by atoms with Gasteiger partial charge in [0, 0.05) is 18.6 Å². The summed E-state index contributed by atoms with van der Waals surface area (Å²) in [5.41, 5.74) is 0. The van der Waals surface area contributed by atoms with Gasteiger partial charge in [-0.2, -0.15) is 0 Å². The van der Waals surface area contributed by atoms with Crippen molar-refractivity contribution in [1.82, 2.24) is 15.5 Å². The second kappa shape index (κ2) is 6.41. The monoisotopic (exact) mass is 277 g/mol. The number of furan rings is 1. The summed E-state index contributed by atoms with van der Waals surface area (Å²) in [5.74, 6) is 0.889. The van der Waals surface area contributed by atoms with Crippen molar-refractivity contribution in [2.75, 3.05) is 19.6 Å². The summed E-state index contributed by atoms with van der Waals surface area (Å²) in [5, 5.41) is 6.44. The fraction of sp³-hybridized carbons (Fsp3) is 0.667. The van der Waals surface area contributed by atoms with E-state index in [0.29, 0.717) is 25.2 Å². The molecule has 2 fully saturated rings. The van der Waals surface area contributed by atoms with Crippen LogP contribution in [0.3, 0.4) is 0 Å². The van der Waals surface area contributed by atoms with Crippen LogP contribution in [-0.2, 0) is 11.3 Å². The first-order chi connectivity index (χ1) is 9.81. The molecule has 0 spiro atoms. The van der Waals surface area contributed by atoms with Crippen molar-refractivity contribution in [3.8, 4) is 0 Å². The van der Waals surface area contributed by atoms with Gasteiger partial charge in [0.2, 0.25) is 5.91 Å². The third kappa shape index (κ3) is 3.84. The maximum atomic E-state index is 12.0. The number of nitrogens with one attached hydrogen (secondary N) is 2. The average molecular weight is 277 g/mol. The van der Waals surface area contributed by atoms with Crippen LogP contribution in [0.15, 0.2) is 22.8 Å². The van der Waals surface area contributed by atoms with Crippen molar-refractivity contribution < 1.29 is 9.21 Å². The zero-order valence-electron chi connectivity index (χ0n) is 11.8. The summed E-state index contributed by atoms with van der Waals surface area (Å²) < 4.78 is 5.22. The number of hydrogen-bond donors (Lipinski definition) is 2. The van der Waals surface area contributed by atoms with Crippen molar-refractivity contribution in [3.63, 3.8) is 0 Å². The van der Waals surface area contributed by atoms with Crippen LogP contribution in [0.2, 0.25) is 0 Å². The minimum atomic E-state index is 0.0892. The summed E-state index contributed by atoms with van der Waals surface area (Å²) in [6.07, 6.45) is 6.59. The molecular weight excluding hydrogens is 254 g/mol. The molecule has 0 radical (unpaired) electrons. The number of nitrogens with zero attached hydrogens (tertiary/aromatic N) is 1. The number of carbonyl (C=O) groups is 1. The highest BCUT2D eigenvalue weighted by molar-refractivity contribution is 5.78. The van der Waals surface area contributed by atoms with Gasteiger partial charge >= 0.3 is 0 Å². The smallest absolute Gasteiger partial charge is 0.234 e. The van der Waals surface area contributed by atoms with Crippen LogP contribution in [0.5, 0.6) is 0 Å². The molecule has 0 aromatic carbocycles. The third-order valence-electron chi connectivity index (χ3n) is 4.07. The van der Waals surface area contributed by atoms with Gasteiger partial charge in [0.15, 0.2) is 0 Å². The molecule has 3 rings (SSSR count). The molecule has 5 nitrogen and oxygen atoms in total. The molecule has 1 amide bonds. The first kappa shape index (κ1) is 13.6. The lowest BCUT2D eigenvalue weighted by atomic mass is 10.2. The second-order valence-corrected chi connectivity index (χ2v) is 5.81. The number of carbonyl (C=O) groups excluding carboxylic acids is 1. The van der Waals surface area contributed by atoms with Crippen molar-refractivity contribution in [2.45, 2.75) is 44.3 Å². The first-order valence-corrected chi connectivity index (χ1v) is 7.58. The second-order valence-electron chi connectivity index (χ2n) is 5.81. The van der Waals surface area contributed by atoms with E-state index in [1.54, 1.807) is 6.26 Å². The van der Waals surface area contributed by atoms with Gasteiger partial charge in [-0.1, -0.05) is 0 Å². The molecule has 1 aromatic rings. The van der Waals surface area contributed by atoms with Gasteiger partial charge < -0.3 is 15.1 Å². The van der Waals surface area contributed by atoms with E-state index in [4.69, 9.17) is 4.42 Å². The van der Waals surface area contributed by atoms with Gasteiger partial charge in [-0.3, -0.25) is 9.69 Å². The summed E-state index contributed by atoms with van der Waals surface area (Å²) in [6.45, 7) is 3.10. The maximum Gasteiger partial charge on any atom is 0.234 e. The van der Waals surface area contributed by atoms with E-state index in [2.05, 4.69) is 15.5 Å². The van der Waals surface area contributed by atoms with Gasteiger partial charge in [0.05, 0.1) is 19.4 Å². The SMILES string of the molecule is O=C(CN(CC1CCCN1)C1CC1)NCc1ccco1. The van der Waals surface area contributed by atoms with Crippen molar-refractivity contribution >= 4 is 5.91 Å². The standard InChI is InChI=1S/C15H23N3O2/c19-15(17-9-14-4-2-8-20-14)11-18(13-5-6-13)10-12-3-1-7-16-12/h2,4,8,12-13,16H,1,3,5-7,9-11H2,(H,17,19). The normalized spacial score (nSPS) is 22.4. The molecule has 110 valence electrons. The zero-order chi connectivity index (χ0) is 13.8. The third-order valence-corrected chi connectivity index (χ3v) is 4.07. The molecule has 1 aromatic heterocycles. The van der Waals surface area contributed by atoms with E-state index in [9.17, 15) is 4.79 Å². The minimum Gasteiger partial charge on any atom is -0.467 e.